The number of phenols is 1. The van der Waals surface area contributed by atoms with Gasteiger partial charge in [-0.1, -0.05) is 6.07 Å². The molecule has 2 aromatic heterocycles. The number of rotatable bonds is 7. The molecule has 1 amide bonds. The Bertz CT molecular complexity index is 1270. The lowest BCUT2D eigenvalue weighted by Gasteiger charge is -2.23. The standard InChI is InChI=1S/C22H25IN6O5/c1-24-20(33)22-8-11(22)15(16(31)17(22)32)29-9-26-14-18(27-21(23)28-19(14)29)25-6-5-10-3-4-12(30)13(7-10)34-2/h3-4,7,9,11,15-17,30-32H,5-6,8H2,1-2H3,(H,24,33)(H,25,27,28)/t11-,15-,16+,17+,22+/m1/s1. The van der Waals surface area contributed by atoms with Crippen LogP contribution in [0.25, 0.3) is 11.2 Å². The molecule has 0 bridgehead atoms. The highest BCUT2D eigenvalue weighted by atomic mass is 127. The van der Waals surface area contributed by atoms with Crippen LogP contribution in [0.1, 0.15) is 18.0 Å². The van der Waals surface area contributed by atoms with Crippen LogP contribution in [-0.2, 0) is 11.2 Å². The average Bonchev–Trinajstić information content (AvgIpc) is 3.37. The maximum absolute atomic E-state index is 12.4. The Hall–Kier alpha value is -2.71. The number of hydrogen-bond donors (Lipinski definition) is 5. The van der Waals surface area contributed by atoms with Crippen LogP contribution in [-0.4, -0.2) is 73.7 Å². The molecule has 11 nitrogen and oxygen atoms in total. The zero-order valence-electron chi connectivity index (χ0n) is 18.6. The van der Waals surface area contributed by atoms with Gasteiger partial charge in [-0.15, -0.1) is 0 Å². The molecule has 0 spiro atoms. The van der Waals surface area contributed by atoms with E-state index in [0.29, 0.717) is 45.9 Å². The molecular formula is C22H25IN6O5. The van der Waals surface area contributed by atoms with Gasteiger partial charge in [0.15, 0.2) is 32.3 Å². The smallest absolute Gasteiger partial charge is 0.229 e. The Labute approximate surface area is 208 Å². The molecule has 3 aromatic rings. The number of nitrogens with zero attached hydrogens (tertiary/aromatic N) is 4. The molecule has 5 atom stereocenters. The highest BCUT2D eigenvalue weighted by Gasteiger charge is 2.75. The summed E-state index contributed by atoms with van der Waals surface area (Å²) in [5, 5.41) is 37.2. The molecule has 2 heterocycles. The summed E-state index contributed by atoms with van der Waals surface area (Å²) in [4.78, 5) is 26.0. The normalized spacial score (nSPS) is 27.4. The third kappa shape index (κ3) is 3.46. The van der Waals surface area contributed by atoms with Gasteiger partial charge in [0, 0.05) is 42.1 Å². The van der Waals surface area contributed by atoms with Crippen molar-refractivity contribution in [2.24, 2.45) is 11.3 Å². The first kappa shape index (κ1) is 23.1. The summed E-state index contributed by atoms with van der Waals surface area (Å²) in [6, 6.07) is 4.70. The molecule has 0 unspecified atom stereocenters. The van der Waals surface area contributed by atoms with Crippen LogP contribution in [0, 0.1) is 15.2 Å². The van der Waals surface area contributed by atoms with Crippen molar-refractivity contribution in [1.29, 1.82) is 0 Å². The number of aliphatic hydroxyl groups excluding tert-OH is 2. The van der Waals surface area contributed by atoms with E-state index in [1.807, 2.05) is 28.7 Å². The number of fused-ring (bicyclic) bond motifs is 2. The number of aromatic hydroxyl groups is 1. The average molecular weight is 580 g/mol. The van der Waals surface area contributed by atoms with Gasteiger partial charge in [0.1, 0.15) is 6.10 Å². The third-order valence-corrected chi connectivity index (χ3v) is 7.47. The summed E-state index contributed by atoms with van der Waals surface area (Å²) in [6.45, 7) is 0.552. The number of nitrogens with one attached hydrogen (secondary N) is 2. The first-order valence-electron chi connectivity index (χ1n) is 10.9. The van der Waals surface area contributed by atoms with Crippen molar-refractivity contribution in [1.82, 2.24) is 24.8 Å². The number of carbonyl (C=O) groups excluding carboxylic acids is 1. The molecule has 5 rings (SSSR count). The molecule has 12 heteroatoms. The van der Waals surface area contributed by atoms with Gasteiger partial charge >= 0.3 is 0 Å². The number of aliphatic hydroxyl groups is 2. The van der Waals surface area contributed by atoms with E-state index in [0.717, 1.165) is 5.56 Å². The molecule has 34 heavy (non-hydrogen) atoms. The Morgan fingerprint density at radius 3 is 2.88 bits per heavy atom. The lowest BCUT2D eigenvalue weighted by Crippen LogP contribution is -2.41. The number of aromatic nitrogens is 4. The maximum atomic E-state index is 12.4. The number of hydrogen-bond acceptors (Lipinski definition) is 9. The van der Waals surface area contributed by atoms with E-state index in [9.17, 15) is 20.1 Å². The van der Waals surface area contributed by atoms with Crippen LogP contribution < -0.4 is 15.4 Å². The van der Waals surface area contributed by atoms with E-state index in [1.54, 1.807) is 23.0 Å². The van der Waals surface area contributed by atoms with E-state index >= 15 is 0 Å². The van der Waals surface area contributed by atoms with Crippen molar-refractivity contribution >= 4 is 45.5 Å². The molecule has 2 fully saturated rings. The van der Waals surface area contributed by atoms with Gasteiger partial charge in [-0.25, -0.2) is 15.0 Å². The van der Waals surface area contributed by atoms with Crippen LogP contribution in [0.3, 0.4) is 0 Å². The second-order valence-corrected chi connectivity index (χ2v) is 9.67. The molecule has 2 aliphatic rings. The fraction of sp³-hybridized carbons (Fsp3) is 0.455. The largest absolute Gasteiger partial charge is 0.504 e. The predicted octanol–water partition coefficient (Wildman–Crippen LogP) is 0.828. The second-order valence-electron chi connectivity index (χ2n) is 8.70. The number of amides is 1. The minimum Gasteiger partial charge on any atom is -0.504 e. The van der Waals surface area contributed by atoms with Gasteiger partial charge < -0.3 is 35.3 Å². The molecule has 2 aliphatic carbocycles. The molecule has 180 valence electrons. The maximum Gasteiger partial charge on any atom is 0.229 e. The van der Waals surface area contributed by atoms with E-state index in [-0.39, 0.29) is 17.6 Å². The van der Waals surface area contributed by atoms with Crippen LogP contribution in [0.15, 0.2) is 24.5 Å². The lowest BCUT2D eigenvalue weighted by atomic mass is 9.98. The molecule has 1 aromatic carbocycles. The molecule has 2 saturated carbocycles. The van der Waals surface area contributed by atoms with Crippen molar-refractivity contribution in [3.63, 3.8) is 0 Å². The van der Waals surface area contributed by atoms with Crippen LogP contribution in [0.2, 0.25) is 0 Å². The van der Waals surface area contributed by atoms with E-state index in [2.05, 4.69) is 25.6 Å². The summed E-state index contributed by atoms with van der Waals surface area (Å²) in [7, 11) is 3.04. The van der Waals surface area contributed by atoms with E-state index in [4.69, 9.17) is 4.74 Å². The van der Waals surface area contributed by atoms with Gasteiger partial charge in [-0.05, 0) is 30.5 Å². The minimum atomic E-state index is -1.15. The Balaban J connectivity index is 1.39. The number of benzene rings is 1. The zero-order valence-corrected chi connectivity index (χ0v) is 20.7. The molecular weight excluding hydrogens is 555 g/mol. The van der Waals surface area contributed by atoms with Gasteiger partial charge in [0.2, 0.25) is 5.91 Å². The van der Waals surface area contributed by atoms with E-state index in [1.165, 1.54) is 14.2 Å². The quantitative estimate of drug-likeness (QED) is 0.202. The SMILES string of the molecule is CNC(=O)[C@@]12C[C@@H]1[C@@H](n1cnc3c(NCCc4ccc(O)c(OC)c4)nc(I)nc31)[C@H](O)[C@@H]2O. The molecule has 0 saturated heterocycles. The summed E-state index contributed by atoms with van der Waals surface area (Å²) in [6.07, 6.45) is 0.481. The Kier molecular flexibility index (Phi) is 5.76. The lowest BCUT2D eigenvalue weighted by molar-refractivity contribution is -0.132. The van der Waals surface area contributed by atoms with E-state index < -0.39 is 23.7 Å². The first-order valence-corrected chi connectivity index (χ1v) is 12.0. The van der Waals surface area contributed by atoms with Gasteiger partial charge in [-0.2, -0.15) is 0 Å². The van der Waals surface area contributed by atoms with Gasteiger partial charge in [-0.3, -0.25) is 4.79 Å². The van der Waals surface area contributed by atoms with Crippen LogP contribution in [0.4, 0.5) is 5.82 Å². The van der Waals surface area contributed by atoms with Gasteiger partial charge in [0.25, 0.3) is 0 Å². The topological polar surface area (TPSA) is 155 Å². The summed E-state index contributed by atoms with van der Waals surface area (Å²) < 4.78 is 7.42. The predicted molar refractivity (Wildman–Crippen MR) is 131 cm³/mol. The minimum absolute atomic E-state index is 0.0899. The fourth-order valence-electron chi connectivity index (χ4n) is 5.22. The first-order chi connectivity index (χ1) is 16.3. The molecule has 5 N–H and O–H groups in total. The van der Waals surface area contributed by atoms with Crippen molar-refractivity contribution in [2.45, 2.75) is 31.1 Å². The number of phenolic OH excluding ortho intramolecular Hbond substituents is 1. The highest BCUT2D eigenvalue weighted by Crippen LogP contribution is 2.67. The van der Waals surface area contributed by atoms with Crippen molar-refractivity contribution in [3.05, 3.63) is 33.9 Å². The summed E-state index contributed by atoms with van der Waals surface area (Å²) in [5.74, 6) is 0.601. The van der Waals surface area contributed by atoms with Gasteiger partial charge in [0.05, 0.1) is 31.0 Å². The Morgan fingerprint density at radius 2 is 2.15 bits per heavy atom. The van der Waals surface area contributed by atoms with Crippen molar-refractivity contribution in [2.75, 3.05) is 26.0 Å². The second kappa shape index (κ2) is 8.50. The third-order valence-electron chi connectivity index (χ3n) is 6.99. The monoisotopic (exact) mass is 580 g/mol. The number of ether oxygens (including phenoxy) is 1. The zero-order chi connectivity index (χ0) is 24.2. The molecule has 0 aliphatic heterocycles. The highest BCUT2D eigenvalue weighted by molar-refractivity contribution is 14.1. The summed E-state index contributed by atoms with van der Waals surface area (Å²) >= 11 is 2.03. The number of halogens is 1. The van der Waals surface area contributed by atoms with Crippen LogP contribution in [0.5, 0.6) is 11.5 Å². The van der Waals surface area contributed by atoms with Crippen LogP contribution >= 0.6 is 22.6 Å². The number of methoxy groups -OCH3 is 1. The Morgan fingerprint density at radius 1 is 1.35 bits per heavy atom. The fourth-order valence-corrected chi connectivity index (χ4v) is 5.69. The molecule has 0 radical (unpaired) electrons. The van der Waals surface area contributed by atoms with Crippen molar-refractivity contribution in [3.8, 4) is 11.5 Å². The number of anilines is 1. The number of imidazole rings is 1. The number of carbonyl (C=O) groups is 1. The van der Waals surface area contributed by atoms with Crippen molar-refractivity contribution < 1.29 is 24.9 Å². The summed E-state index contributed by atoms with van der Waals surface area (Å²) in [5.41, 5.74) is 1.09.